The Bertz CT molecular complexity index is 1250. The normalized spacial score (nSPS) is 16.1. The van der Waals surface area contributed by atoms with Crippen LogP contribution in [0.4, 0.5) is 0 Å². The van der Waals surface area contributed by atoms with Gasteiger partial charge in [-0.1, -0.05) is 13.3 Å². The fourth-order valence-electron chi connectivity index (χ4n) is 4.33. The molecule has 0 bridgehead atoms. The minimum absolute atomic E-state index is 0.0530. The molecule has 0 spiro atoms. The first-order valence-electron chi connectivity index (χ1n) is 11.8. The summed E-state index contributed by atoms with van der Waals surface area (Å²) in [4.78, 5) is 35.6. The number of benzene rings is 1. The molecule has 0 unspecified atom stereocenters. The highest BCUT2D eigenvalue weighted by atomic mass is 16.5. The molecule has 0 amide bonds. The zero-order chi connectivity index (χ0) is 24.5. The summed E-state index contributed by atoms with van der Waals surface area (Å²) in [7, 11) is 3.40. The van der Waals surface area contributed by atoms with Crippen molar-refractivity contribution < 1.29 is 14.2 Å². The SMILES string of the molecule is CCCc1nn(C)c2c(=O)[nH]c(-c3cc(C(=O)CN4CC[N+](C)([O-])CC4)ccc3OCC)nc12. The van der Waals surface area contributed by atoms with Crippen LogP contribution >= 0.6 is 0 Å². The highest BCUT2D eigenvalue weighted by molar-refractivity contribution is 5.99. The first-order valence-corrected chi connectivity index (χ1v) is 11.8. The minimum Gasteiger partial charge on any atom is -0.633 e. The number of fused-ring (bicyclic) bond motifs is 1. The van der Waals surface area contributed by atoms with Crippen LogP contribution < -0.4 is 10.3 Å². The van der Waals surface area contributed by atoms with E-state index in [1.54, 1.807) is 37.0 Å². The van der Waals surface area contributed by atoms with Crippen molar-refractivity contribution in [3.05, 3.63) is 45.0 Å². The number of ether oxygens (including phenoxy) is 1. The van der Waals surface area contributed by atoms with Crippen LogP contribution in [0.1, 0.15) is 36.3 Å². The summed E-state index contributed by atoms with van der Waals surface area (Å²) < 4.78 is 7.08. The number of aromatic amines is 1. The van der Waals surface area contributed by atoms with Crippen LogP contribution in [0.3, 0.4) is 0 Å². The lowest BCUT2D eigenvalue weighted by atomic mass is 10.0. The van der Waals surface area contributed by atoms with Crippen molar-refractivity contribution in [2.24, 2.45) is 7.05 Å². The average molecular weight is 469 g/mol. The Morgan fingerprint density at radius 2 is 2.00 bits per heavy atom. The molecule has 1 saturated heterocycles. The van der Waals surface area contributed by atoms with Crippen LogP contribution in [-0.4, -0.2) is 81.5 Å². The Morgan fingerprint density at radius 1 is 1.26 bits per heavy atom. The van der Waals surface area contributed by atoms with E-state index < -0.39 is 0 Å². The Kier molecular flexibility index (Phi) is 6.83. The van der Waals surface area contributed by atoms with Crippen molar-refractivity contribution in [2.75, 3.05) is 46.4 Å². The van der Waals surface area contributed by atoms with Gasteiger partial charge in [-0.15, -0.1) is 0 Å². The second kappa shape index (κ2) is 9.65. The largest absolute Gasteiger partial charge is 0.633 e. The van der Waals surface area contributed by atoms with Crippen molar-refractivity contribution in [3.63, 3.8) is 0 Å². The lowest BCUT2D eigenvalue weighted by Crippen LogP contribution is -2.54. The van der Waals surface area contributed by atoms with Crippen LogP contribution in [0.5, 0.6) is 5.75 Å². The van der Waals surface area contributed by atoms with Gasteiger partial charge in [-0.05, 0) is 31.5 Å². The number of rotatable bonds is 8. The van der Waals surface area contributed by atoms with Gasteiger partial charge in [0, 0.05) is 25.7 Å². The number of nitrogens with zero attached hydrogens (tertiary/aromatic N) is 5. The van der Waals surface area contributed by atoms with Gasteiger partial charge in [-0.3, -0.25) is 19.2 Å². The number of carbonyl (C=O) groups is 1. The molecule has 0 radical (unpaired) electrons. The maximum atomic E-state index is 13.1. The van der Waals surface area contributed by atoms with Crippen molar-refractivity contribution in [1.82, 2.24) is 24.6 Å². The van der Waals surface area contributed by atoms with E-state index in [1.807, 2.05) is 11.8 Å². The van der Waals surface area contributed by atoms with E-state index in [-0.39, 0.29) is 22.5 Å². The second-order valence-electron chi connectivity index (χ2n) is 9.02. The molecular weight excluding hydrogens is 436 g/mol. The van der Waals surface area contributed by atoms with E-state index in [9.17, 15) is 14.8 Å². The summed E-state index contributed by atoms with van der Waals surface area (Å²) in [6.07, 6.45) is 1.59. The van der Waals surface area contributed by atoms with Gasteiger partial charge in [-0.25, -0.2) is 4.98 Å². The Hall–Kier alpha value is -3.08. The summed E-state index contributed by atoms with van der Waals surface area (Å²) in [5, 5.41) is 16.6. The van der Waals surface area contributed by atoms with Gasteiger partial charge < -0.3 is 19.6 Å². The van der Waals surface area contributed by atoms with E-state index in [0.717, 1.165) is 12.1 Å². The minimum atomic E-state index is -0.288. The molecule has 4 rings (SSSR count). The first-order chi connectivity index (χ1) is 16.2. The number of aryl methyl sites for hydroxylation is 2. The number of hydrogen-bond acceptors (Lipinski definition) is 7. The zero-order valence-corrected chi connectivity index (χ0v) is 20.3. The van der Waals surface area contributed by atoms with Crippen LogP contribution in [0, 0.1) is 5.21 Å². The Labute approximate surface area is 198 Å². The molecule has 10 nitrogen and oxygen atoms in total. The van der Waals surface area contributed by atoms with E-state index in [0.29, 0.717) is 72.9 Å². The molecule has 1 aliphatic heterocycles. The number of likely N-dealkylation sites (N-methyl/N-ethyl adjacent to an activating group) is 1. The molecule has 0 atom stereocenters. The van der Waals surface area contributed by atoms with Crippen LogP contribution in [0.15, 0.2) is 23.0 Å². The van der Waals surface area contributed by atoms with Gasteiger partial charge in [-0.2, -0.15) is 5.10 Å². The molecule has 1 N–H and O–H groups in total. The van der Waals surface area contributed by atoms with Gasteiger partial charge in [0.05, 0.1) is 44.5 Å². The maximum absolute atomic E-state index is 13.1. The van der Waals surface area contributed by atoms with Crippen LogP contribution in [-0.2, 0) is 13.5 Å². The van der Waals surface area contributed by atoms with Crippen molar-refractivity contribution in [2.45, 2.75) is 26.7 Å². The molecule has 2 aromatic heterocycles. The molecule has 3 heterocycles. The van der Waals surface area contributed by atoms with Gasteiger partial charge in [0.1, 0.15) is 17.1 Å². The van der Waals surface area contributed by atoms with Crippen LogP contribution in [0.25, 0.3) is 22.4 Å². The third-order valence-corrected chi connectivity index (χ3v) is 6.25. The van der Waals surface area contributed by atoms with Crippen molar-refractivity contribution in [1.29, 1.82) is 0 Å². The average Bonchev–Trinajstić information content (AvgIpc) is 3.11. The predicted octanol–water partition coefficient (Wildman–Crippen LogP) is 2.12. The predicted molar refractivity (Wildman–Crippen MR) is 130 cm³/mol. The van der Waals surface area contributed by atoms with Crippen LogP contribution in [0.2, 0.25) is 0 Å². The molecule has 0 saturated carbocycles. The molecule has 182 valence electrons. The number of aromatic nitrogens is 4. The third-order valence-electron chi connectivity index (χ3n) is 6.25. The first kappa shape index (κ1) is 24.1. The molecule has 1 aliphatic rings. The van der Waals surface area contributed by atoms with E-state index in [1.165, 1.54) is 0 Å². The van der Waals surface area contributed by atoms with Crippen molar-refractivity contribution >= 4 is 16.8 Å². The number of piperazine rings is 1. The number of hydrogen-bond donors (Lipinski definition) is 1. The molecule has 3 aromatic rings. The van der Waals surface area contributed by atoms with E-state index in [4.69, 9.17) is 9.72 Å². The van der Waals surface area contributed by atoms with Gasteiger partial charge >= 0.3 is 0 Å². The van der Waals surface area contributed by atoms with Gasteiger partial charge in [0.25, 0.3) is 5.56 Å². The van der Waals surface area contributed by atoms with E-state index >= 15 is 0 Å². The third kappa shape index (κ3) is 4.89. The number of nitrogens with one attached hydrogen (secondary N) is 1. The summed E-state index contributed by atoms with van der Waals surface area (Å²) in [5.41, 5.74) is 2.53. The monoisotopic (exact) mass is 468 g/mol. The molecule has 34 heavy (non-hydrogen) atoms. The number of hydroxylamine groups is 3. The standard InChI is InChI=1S/C24H32N6O4/c1-5-7-18-21-22(28(3)27-18)24(32)26-23(25-21)17-14-16(8-9-20(17)34-6-2)19(31)15-29-10-12-30(4,33)13-11-29/h8-9,14H,5-7,10-13,15H2,1-4H3,(H,25,26,32). The number of quaternary nitrogens is 1. The number of ketones is 1. The highest BCUT2D eigenvalue weighted by Crippen LogP contribution is 2.30. The molecule has 1 fully saturated rings. The molecule has 1 aromatic carbocycles. The van der Waals surface area contributed by atoms with Gasteiger partial charge in [0.2, 0.25) is 0 Å². The number of Topliss-reactive ketones (excluding diaryl/α,β-unsaturated/α-hetero) is 1. The molecule has 0 aliphatic carbocycles. The zero-order valence-electron chi connectivity index (χ0n) is 20.3. The summed E-state index contributed by atoms with van der Waals surface area (Å²) >= 11 is 0. The molecule has 10 heteroatoms. The highest BCUT2D eigenvalue weighted by Gasteiger charge is 2.24. The second-order valence-corrected chi connectivity index (χ2v) is 9.02. The fraction of sp³-hybridized carbons (Fsp3) is 0.500. The summed E-state index contributed by atoms with van der Waals surface area (Å²) in [6, 6.07) is 5.21. The Morgan fingerprint density at radius 3 is 2.68 bits per heavy atom. The molecular formula is C24H32N6O4. The van der Waals surface area contributed by atoms with Crippen molar-refractivity contribution in [3.8, 4) is 17.1 Å². The smallest absolute Gasteiger partial charge is 0.277 e. The maximum Gasteiger partial charge on any atom is 0.277 e. The topological polar surface area (TPSA) is 116 Å². The quantitative estimate of drug-likeness (QED) is 0.306. The van der Waals surface area contributed by atoms with E-state index in [2.05, 4.69) is 17.0 Å². The lowest BCUT2D eigenvalue weighted by Gasteiger charge is -2.45. The number of H-pyrrole nitrogens is 1. The lowest BCUT2D eigenvalue weighted by molar-refractivity contribution is -0.865. The Balaban J connectivity index is 1.70. The fourth-order valence-corrected chi connectivity index (χ4v) is 4.33. The number of carbonyl (C=O) groups excluding carboxylic acids is 1. The van der Waals surface area contributed by atoms with Gasteiger partial charge in [0.15, 0.2) is 11.3 Å². The summed E-state index contributed by atoms with van der Waals surface area (Å²) in [5.74, 6) is 0.834. The summed E-state index contributed by atoms with van der Waals surface area (Å²) in [6.45, 7) is 6.71.